The molecular formula is C23H16N2O4S2. The molecule has 0 spiro atoms. The Balaban J connectivity index is 1.41. The monoisotopic (exact) mass is 448 g/mol. The number of anilines is 1. The van der Waals surface area contributed by atoms with Crippen LogP contribution in [0.25, 0.3) is 17.0 Å². The fourth-order valence-electron chi connectivity index (χ4n) is 2.95. The number of thioether (sulfide) groups is 1. The van der Waals surface area contributed by atoms with Crippen LogP contribution in [-0.2, 0) is 9.59 Å². The molecule has 3 aromatic rings. The summed E-state index contributed by atoms with van der Waals surface area (Å²) in [7, 11) is 0. The second-order valence-electron chi connectivity index (χ2n) is 6.62. The van der Waals surface area contributed by atoms with Gasteiger partial charge in [-0.05, 0) is 35.9 Å². The summed E-state index contributed by atoms with van der Waals surface area (Å²) in [6.07, 6.45) is 5.37. The molecule has 2 heterocycles. The molecule has 0 saturated carbocycles. The van der Waals surface area contributed by atoms with E-state index >= 15 is 0 Å². The third kappa shape index (κ3) is 4.99. The van der Waals surface area contributed by atoms with Gasteiger partial charge in [0.2, 0.25) is 5.91 Å². The maximum atomic E-state index is 12.6. The van der Waals surface area contributed by atoms with Crippen LogP contribution in [-0.4, -0.2) is 27.6 Å². The Morgan fingerprint density at radius 1 is 1.10 bits per heavy atom. The number of carbonyl (C=O) groups is 2. The number of amides is 2. The minimum atomic E-state index is -0.440. The highest BCUT2D eigenvalue weighted by atomic mass is 32.2. The minimum Gasteiger partial charge on any atom is -0.423 e. The third-order valence-corrected chi connectivity index (χ3v) is 5.81. The van der Waals surface area contributed by atoms with Crippen molar-refractivity contribution < 1.29 is 14.0 Å². The second-order valence-corrected chi connectivity index (χ2v) is 8.29. The molecule has 0 radical (unpaired) electrons. The van der Waals surface area contributed by atoms with Crippen molar-refractivity contribution in [3.8, 4) is 0 Å². The molecule has 0 unspecified atom stereocenters. The molecule has 0 atom stereocenters. The van der Waals surface area contributed by atoms with Crippen LogP contribution in [0, 0.1) is 0 Å². The van der Waals surface area contributed by atoms with Gasteiger partial charge in [0, 0.05) is 17.1 Å². The number of nitrogens with zero attached hydrogens (tertiary/aromatic N) is 1. The molecule has 0 aliphatic carbocycles. The van der Waals surface area contributed by atoms with Crippen molar-refractivity contribution in [1.29, 1.82) is 0 Å². The van der Waals surface area contributed by atoms with Crippen molar-refractivity contribution in [3.63, 3.8) is 0 Å². The lowest BCUT2D eigenvalue weighted by molar-refractivity contribution is -0.126. The Bertz CT molecular complexity index is 1300. The molecule has 8 heteroatoms. The van der Waals surface area contributed by atoms with Crippen molar-refractivity contribution in [2.24, 2.45) is 0 Å². The van der Waals surface area contributed by atoms with Crippen molar-refractivity contribution >= 4 is 62.8 Å². The van der Waals surface area contributed by atoms with Crippen LogP contribution in [0.3, 0.4) is 0 Å². The fraction of sp³-hybridized carbons (Fsp3) is 0.0435. The summed E-state index contributed by atoms with van der Waals surface area (Å²) >= 11 is 6.44. The molecule has 1 saturated heterocycles. The summed E-state index contributed by atoms with van der Waals surface area (Å²) in [5.74, 6) is -0.683. The van der Waals surface area contributed by atoms with Crippen LogP contribution >= 0.6 is 24.0 Å². The van der Waals surface area contributed by atoms with Gasteiger partial charge in [-0.25, -0.2) is 4.79 Å². The first-order valence-electron chi connectivity index (χ1n) is 9.30. The highest BCUT2D eigenvalue weighted by molar-refractivity contribution is 8.26. The molecule has 31 heavy (non-hydrogen) atoms. The maximum Gasteiger partial charge on any atom is 0.336 e. The van der Waals surface area contributed by atoms with Crippen LogP contribution in [0.4, 0.5) is 5.69 Å². The van der Waals surface area contributed by atoms with E-state index in [0.29, 0.717) is 25.9 Å². The predicted molar refractivity (Wildman–Crippen MR) is 127 cm³/mol. The highest BCUT2D eigenvalue weighted by Gasteiger charge is 2.33. The molecule has 1 fully saturated rings. The van der Waals surface area contributed by atoms with Crippen LogP contribution in [0.2, 0.25) is 0 Å². The zero-order valence-electron chi connectivity index (χ0n) is 16.1. The van der Waals surface area contributed by atoms with Gasteiger partial charge in [0.1, 0.15) is 16.4 Å². The van der Waals surface area contributed by atoms with Crippen LogP contribution in [0.15, 0.2) is 86.9 Å². The smallest absolute Gasteiger partial charge is 0.336 e. The van der Waals surface area contributed by atoms with E-state index in [1.54, 1.807) is 36.4 Å². The number of benzene rings is 2. The Labute approximate surface area is 187 Å². The molecule has 154 valence electrons. The summed E-state index contributed by atoms with van der Waals surface area (Å²) < 4.78 is 5.41. The zero-order valence-corrected chi connectivity index (χ0v) is 17.7. The standard InChI is InChI=1S/C23H16N2O4S2/c26-20(24-17-10-11-18-16(13-17)9-12-21(27)29-18)14-25-22(28)19(31-23(25)30)8-4-7-15-5-2-1-3-6-15/h1-13H,14H2,(H,24,26). The zero-order chi connectivity index (χ0) is 21.8. The van der Waals surface area contributed by atoms with Gasteiger partial charge in [-0.1, -0.05) is 66.5 Å². The first kappa shape index (κ1) is 20.8. The van der Waals surface area contributed by atoms with Crippen molar-refractivity contribution in [2.75, 3.05) is 11.9 Å². The van der Waals surface area contributed by atoms with E-state index in [9.17, 15) is 14.4 Å². The molecule has 1 aliphatic heterocycles. The van der Waals surface area contributed by atoms with E-state index in [0.717, 1.165) is 17.3 Å². The summed E-state index contributed by atoms with van der Waals surface area (Å²) in [5.41, 5.74) is 1.53. The summed E-state index contributed by atoms with van der Waals surface area (Å²) in [5, 5.41) is 3.42. The molecular weight excluding hydrogens is 432 g/mol. The average molecular weight is 449 g/mol. The number of fused-ring (bicyclic) bond motifs is 1. The van der Waals surface area contributed by atoms with E-state index in [1.807, 2.05) is 36.4 Å². The topological polar surface area (TPSA) is 79.6 Å². The lowest BCUT2D eigenvalue weighted by Gasteiger charge is -2.14. The molecule has 4 rings (SSSR count). The van der Waals surface area contributed by atoms with E-state index < -0.39 is 5.63 Å². The van der Waals surface area contributed by atoms with E-state index in [1.165, 1.54) is 11.0 Å². The van der Waals surface area contributed by atoms with Crippen LogP contribution < -0.4 is 10.9 Å². The van der Waals surface area contributed by atoms with E-state index in [-0.39, 0.29) is 18.4 Å². The normalized spacial score (nSPS) is 15.4. The van der Waals surface area contributed by atoms with Gasteiger partial charge in [-0.2, -0.15) is 0 Å². The van der Waals surface area contributed by atoms with Gasteiger partial charge in [0.05, 0.1) is 4.91 Å². The summed E-state index contributed by atoms with van der Waals surface area (Å²) in [4.78, 5) is 38.1. The predicted octanol–water partition coefficient (Wildman–Crippen LogP) is 4.19. The summed E-state index contributed by atoms with van der Waals surface area (Å²) in [6.45, 7) is -0.188. The molecule has 0 bridgehead atoms. The molecule has 2 aromatic carbocycles. The van der Waals surface area contributed by atoms with Crippen LogP contribution in [0.1, 0.15) is 5.56 Å². The van der Waals surface area contributed by atoms with Gasteiger partial charge >= 0.3 is 5.63 Å². The fourth-order valence-corrected chi connectivity index (χ4v) is 4.16. The number of hydrogen-bond donors (Lipinski definition) is 1. The van der Waals surface area contributed by atoms with E-state index in [2.05, 4.69) is 5.32 Å². The molecule has 1 aliphatic rings. The summed E-state index contributed by atoms with van der Waals surface area (Å²) in [6, 6.07) is 17.6. The first-order chi connectivity index (χ1) is 15.0. The Morgan fingerprint density at radius 2 is 1.90 bits per heavy atom. The number of rotatable bonds is 5. The first-order valence-corrected chi connectivity index (χ1v) is 10.5. The number of hydrogen-bond acceptors (Lipinski definition) is 6. The number of thiocarbonyl (C=S) groups is 1. The third-order valence-electron chi connectivity index (χ3n) is 4.41. The number of allylic oxidation sites excluding steroid dienone is 2. The Kier molecular flexibility index (Phi) is 6.11. The molecule has 2 amide bonds. The Hall–Kier alpha value is -3.49. The van der Waals surface area contributed by atoms with Gasteiger partial charge in [-0.15, -0.1) is 0 Å². The lowest BCUT2D eigenvalue weighted by atomic mass is 10.2. The highest BCUT2D eigenvalue weighted by Crippen LogP contribution is 2.31. The van der Waals surface area contributed by atoms with Gasteiger partial charge in [0.25, 0.3) is 5.91 Å². The maximum absolute atomic E-state index is 12.6. The van der Waals surface area contributed by atoms with Crippen LogP contribution in [0.5, 0.6) is 0 Å². The SMILES string of the molecule is O=C(CN1C(=O)C(=CC=Cc2ccccc2)SC1=S)Nc1ccc2oc(=O)ccc2c1. The largest absolute Gasteiger partial charge is 0.423 e. The van der Waals surface area contributed by atoms with Crippen molar-refractivity contribution in [3.05, 3.63) is 93.7 Å². The lowest BCUT2D eigenvalue weighted by Crippen LogP contribution is -2.36. The van der Waals surface area contributed by atoms with Crippen molar-refractivity contribution in [1.82, 2.24) is 4.90 Å². The van der Waals surface area contributed by atoms with Crippen molar-refractivity contribution in [2.45, 2.75) is 0 Å². The second kappa shape index (κ2) is 9.11. The van der Waals surface area contributed by atoms with Gasteiger partial charge in [-0.3, -0.25) is 14.5 Å². The number of carbonyl (C=O) groups excluding carboxylic acids is 2. The number of nitrogens with one attached hydrogen (secondary N) is 1. The molecule has 1 aromatic heterocycles. The quantitative estimate of drug-likeness (QED) is 0.358. The van der Waals surface area contributed by atoms with Gasteiger partial charge < -0.3 is 9.73 Å². The molecule has 6 nitrogen and oxygen atoms in total. The van der Waals surface area contributed by atoms with E-state index in [4.69, 9.17) is 16.6 Å². The van der Waals surface area contributed by atoms with Gasteiger partial charge in [0.15, 0.2) is 0 Å². The minimum absolute atomic E-state index is 0.188. The molecule has 1 N–H and O–H groups in total. The Morgan fingerprint density at radius 3 is 2.71 bits per heavy atom. The average Bonchev–Trinajstić information content (AvgIpc) is 3.02.